The lowest BCUT2D eigenvalue weighted by atomic mass is 11.0. The molecule has 0 unspecified atom stereocenters. The summed E-state index contributed by atoms with van der Waals surface area (Å²) >= 11 is 6.05. The highest BCUT2D eigenvalue weighted by Crippen LogP contribution is 2.03. The third kappa shape index (κ3) is 1.56. The van der Waals surface area contributed by atoms with Crippen molar-refractivity contribution >= 4 is 23.9 Å². The van der Waals surface area contributed by atoms with Crippen LogP contribution >= 0.6 is 11.1 Å². The van der Waals surface area contributed by atoms with Crippen LogP contribution in [0, 0.1) is 0 Å². The van der Waals surface area contributed by atoms with Crippen molar-refractivity contribution in [2.45, 2.75) is 13.1 Å². The molecule has 1 N–H and O–H groups in total. The van der Waals surface area contributed by atoms with Gasteiger partial charge < -0.3 is 4.98 Å². The fourth-order valence-electron chi connectivity index (χ4n) is 0.590. The Morgan fingerprint density at radius 1 is 1.67 bits per heavy atom. The van der Waals surface area contributed by atoms with E-state index >= 15 is 0 Å². The number of aromatic nitrogens is 2. The van der Waals surface area contributed by atoms with Crippen LogP contribution in [0.2, 0.25) is 13.1 Å². The fourth-order valence-corrected chi connectivity index (χ4v) is 1.71. The Hall–Kier alpha value is -0.283. The summed E-state index contributed by atoms with van der Waals surface area (Å²) in [6.45, 7) is 4.07. The Morgan fingerprint density at radius 2 is 2.33 bits per heavy atom. The van der Waals surface area contributed by atoms with Gasteiger partial charge in [0.2, 0.25) is 7.38 Å². The highest BCUT2D eigenvalue weighted by atomic mass is 35.6. The second-order valence-electron chi connectivity index (χ2n) is 2.41. The average Bonchev–Trinajstić information content (AvgIpc) is 2.08. The van der Waals surface area contributed by atoms with Gasteiger partial charge in [-0.05, 0) is 13.1 Å². The molecule has 0 saturated heterocycles. The number of imidazole rings is 1. The maximum absolute atomic E-state index is 6.05. The lowest BCUT2D eigenvalue weighted by molar-refractivity contribution is 1.38. The number of hydrogen-bond donors (Lipinski definition) is 1. The SMILES string of the molecule is C[Si](C)(Cl)c1ncc[nH]1. The molecule has 0 bridgehead atoms. The first-order chi connectivity index (χ1) is 4.11. The Labute approximate surface area is 60.0 Å². The van der Waals surface area contributed by atoms with Crippen molar-refractivity contribution in [3.05, 3.63) is 12.4 Å². The molecular formula is C5H9ClN2Si. The second kappa shape index (κ2) is 2.15. The standard InChI is InChI=1S/C5H9ClN2Si/c1-9(2,6)5-7-3-4-8-5/h3-4H,1-2H3,(H,7,8). The van der Waals surface area contributed by atoms with Crippen LogP contribution in [-0.2, 0) is 0 Å². The average molecular weight is 161 g/mol. The highest BCUT2D eigenvalue weighted by molar-refractivity contribution is 7.25. The minimum Gasteiger partial charge on any atom is -0.351 e. The van der Waals surface area contributed by atoms with Crippen molar-refractivity contribution in [1.29, 1.82) is 0 Å². The number of rotatable bonds is 1. The summed E-state index contributed by atoms with van der Waals surface area (Å²) in [7, 11) is -1.68. The minimum atomic E-state index is -1.68. The van der Waals surface area contributed by atoms with Crippen molar-refractivity contribution in [3.8, 4) is 0 Å². The van der Waals surface area contributed by atoms with Crippen LogP contribution < -0.4 is 5.45 Å². The molecule has 1 aromatic heterocycles. The molecule has 0 aromatic carbocycles. The lowest BCUT2D eigenvalue weighted by Crippen LogP contribution is -2.38. The first-order valence-corrected chi connectivity index (χ1v) is 6.80. The monoisotopic (exact) mass is 160 g/mol. The Balaban J connectivity index is 2.90. The second-order valence-corrected chi connectivity index (χ2v) is 8.66. The van der Waals surface area contributed by atoms with E-state index in [0.717, 1.165) is 5.45 Å². The van der Waals surface area contributed by atoms with Crippen LogP contribution in [0.4, 0.5) is 0 Å². The smallest absolute Gasteiger partial charge is 0.223 e. The normalized spacial score (nSPS) is 11.9. The van der Waals surface area contributed by atoms with E-state index in [2.05, 4.69) is 9.97 Å². The number of H-pyrrole nitrogens is 1. The topological polar surface area (TPSA) is 28.7 Å². The van der Waals surface area contributed by atoms with Gasteiger partial charge in [-0.25, -0.2) is 4.98 Å². The molecule has 0 radical (unpaired) electrons. The third-order valence-electron chi connectivity index (χ3n) is 1.06. The van der Waals surface area contributed by atoms with E-state index in [1.54, 1.807) is 12.4 Å². The number of nitrogens with zero attached hydrogens (tertiary/aromatic N) is 1. The van der Waals surface area contributed by atoms with Crippen molar-refractivity contribution in [3.63, 3.8) is 0 Å². The zero-order valence-corrected chi connectivity index (χ0v) is 7.24. The molecule has 0 spiro atoms. The zero-order valence-electron chi connectivity index (χ0n) is 5.48. The van der Waals surface area contributed by atoms with E-state index < -0.39 is 7.38 Å². The van der Waals surface area contributed by atoms with Crippen molar-refractivity contribution in [2.24, 2.45) is 0 Å². The molecule has 0 fully saturated rings. The number of halogens is 1. The maximum Gasteiger partial charge on any atom is 0.223 e. The Kier molecular flexibility index (Phi) is 1.63. The molecule has 0 saturated carbocycles. The lowest BCUT2D eigenvalue weighted by Gasteiger charge is -2.06. The molecule has 2 nitrogen and oxygen atoms in total. The first-order valence-electron chi connectivity index (χ1n) is 2.79. The van der Waals surface area contributed by atoms with Gasteiger partial charge in [-0.1, -0.05) is 0 Å². The van der Waals surface area contributed by atoms with Crippen molar-refractivity contribution in [1.82, 2.24) is 9.97 Å². The van der Waals surface area contributed by atoms with Gasteiger partial charge in [-0.2, -0.15) is 11.1 Å². The predicted molar refractivity (Wildman–Crippen MR) is 41.6 cm³/mol. The highest BCUT2D eigenvalue weighted by Gasteiger charge is 2.22. The van der Waals surface area contributed by atoms with Gasteiger partial charge in [0.25, 0.3) is 0 Å². The molecule has 1 rings (SSSR count). The van der Waals surface area contributed by atoms with Gasteiger partial charge in [0, 0.05) is 12.4 Å². The molecule has 1 heterocycles. The Bertz CT molecular complexity index is 177. The van der Waals surface area contributed by atoms with Crippen LogP contribution in [0.3, 0.4) is 0 Å². The molecule has 50 valence electrons. The summed E-state index contributed by atoms with van der Waals surface area (Å²) in [5, 5.41) is 0. The van der Waals surface area contributed by atoms with Gasteiger partial charge >= 0.3 is 0 Å². The summed E-state index contributed by atoms with van der Waals surface area (Å²) in [5.74, 6) is 0. The van der Waals surface area contributed by atoms with Gasteiger partial charge in [0.05, 0.1) is 0 Å². The predicted octanol–water partition coefficient (Wildman–Crippen LogP) is 1.06. The van der Waals surface area contributed by atoms with Crippen LogP contribution in [-0.4, -0.2) is 17.4 Å². The van der Waals surface area contributed by atoms with E-state index in [4.69, 9.17) is 11.1 Å². The number of aromatic amines is 1. The molecular weight excluding hydrogens is 152 g/mol. The third-order valence-corrected chi connectivity index (χ3v) is 3.00. The summed E-state index contributed by atoms with van der Waals surface area (Å²) in [5.41, 5.74) is 0.948. The molecule has 0 aliphatic carbocycles. The number of nitrogens with one attached hydrogen (secondary N) is 1. The summed E-state index contributed by atoms with van der Waals surface area (Å²) in [6.07, 6.45) is 3.53. The van der Waals surface area contributed by atoms with E-state index in [1.165, 1.54) is 0 Å². The van der Waals surface area contributed by atoms with Gasteiger partial charge in [-0.15, -0.1) is 0 Å². The summed E-state index contributed by atoms with van der Waals surface area (Å²) in [4.78, 5) is 7.06. The van der Waals surface area contributed by atoms with Crippen molar-refractivity contribution < 1.29 is 0 Å². The van der Waals surface area contributed by atoms with E-state index in [1.807, 2.05) is 13.1 Å². The molecule has 4 heteroatoms. The first kappa shape index (κ1) is 6.83. The van der Waals surface area contributed by atoms with E-state index in [0.29, 0.717) is 0 Å². The van der Waals surface area contributed by atoms with Crippen LogP contribution in [0.1, 0.15) is 0 Å². The van der Waals surface area contributed by atoms with Crippen LogP contribution in [0.5, 0.6) is 0 Å². The molecule has 0 aliphatic heterocycles. The molecule has 0 amide bonds. The molecule has 9 heavy (non-hydrogen) atoms. The maximum atomic E-state index is 6.05. The Morgan fingerprint density at radius 3 is 2.56 bits per heavy atom. The summed E-state index contributed by atoms with van der Waals surface area (Å²) in [6, 6.07) is 0. The van der Waals surface area contributed by atoms with Gasteiger partial charge in [-0.3, -0.25) is 0 Å². The van der Waals surface area contributed by atoms with Crippen molar-refractivity contribution in [2.75, 3.05) is 0 Å². The van der Waals surface area contributed by atoms with Crippen LogP contribution in [0.15, 0.2) is 12.4 Å². The van der Waals surface area contributed by atoms with Gasteiger partial charge in [0.1, 0.15) is 5.45 Å². The summed E-state index contributed by atoms with van der Waals surface area (Å²) < 4.78 is 0. The number of hydrogen-bond acceptors (Lipinski definition) is 1. The quantitative estimate of drug-likeness (QED) is 0.483. The minimum absolute atomic E-state index is 0.948. The molecule has 0 aliphatic rings. The largest absolute Gasteiger partial charge is 0.351 e. The molecule has 1 aromatic rings. The zero-order chi connectivity index (χ0) is 6.91. The fraction of sp³-hybridized carbons (Fsp3) is 0.400. The van der Waals surface area contributed by atoms with Gasteiger partial charge in [0.15, 0.2) is 0 Å². The van der Waals surface area contributed by atoms with Crippen LogP contribution in [0.25, 0.3) is 0 Å². The van der Waals surface area contributed by atoms with E-state index in [-0.39, 0.29) is 0 Å². The molecule has 0 atom stereocenters. The van der Waals surface area contributed by atoms with E-state index in [9.17, 15) is 0 Å².